The summed E-state index contributed by atoms with van der Waals surface area (Å²) in [5, 5.41) is 43.2. The number of benzene rings is 4. The Bertz CT molecular complexity index is 2190. The predicted octanol–water partition coefficient (Wildman–Crippen LogP) is 6.34. The molecular formula is C39H39Br2LiN6O4S2. The van der Waals surface area contributed by atoms with Crippen LogP contribution in [-0.2, 0) is 9.59 Å². The van der Waals surface area contributed by atoms with Crippen LogP contribution in [0.2, 0.25) is 0 Å². The number of rotatable bonds is 10. The number of carboxylic acid groups (broad SMARTS) is 2. The average molecular weight is 887 g/mol. The van der Waals surface area contributed by atoms with Crippen LogP contribution < -0.4 is 24.0 Å². The maximum absolute atomic E-state index is 11.5. The molecule has 15 heteroatoms. The van der Waals surface area contributed by atoms with Gasteiger partial charge >= 0.3 is 24.8 Å². The number of carboxylic acids is 2. The predicted molar refractivity (Wildman–Crippen MR) is 216 cm³/mol. The Morgan fingerprint density at radius 2 is 1.04 bits per heavy atom. The van der Waals surface area contributed by atoms with Gasteiger partial charge in [0.1, 0.15) is 4.75 Å². The van der Waals surface area contributed by atoms with Crippen LogP contribution in [-0.4, -0.2) is 56.1 Å². The maximum Gasteiger partial charge on any atom is 1.00 e. The second kappa shape index (κ2) is 16.5. The minimum Gasteiger partial charge on any atom is -0.549 e. The number of hydrogen-bond donors (Lipinski definition) is 1. The van der Waals surface area contributed by atoms with Crippen LogP contribution in [0.4, 0.5) is 0 Å². The van der Waals surface area contributed by atoms with Gasteiger partial charge in [0.25, 0.3) is 0 Å². The zero-order valence-electron chi connectivity index (χ0n) is 29.8. The number of fused-ring (bicyclic) bond motifs is 2. The number of nitrogens with zero attached hydrogens (tertiary/aromatic N) is 6. The molecule has 2 fully saturated rings. The van der Waals surface area contributed by atoms with Crippen LogP contribution in [0.15, 0.2) is 92.6 Å². The molecule has 1 N–H and O–H groups in total. The molecule has 4 aromatic carbocycles. The molecule has 10 nitrogen and oxygen atoms in total. The number of halogens is 2. The number of aliphatic carboxylic acids is 2. The second-order valence-electron chi connectivity index (χ2n) is 14.0. The van der Waals surface area contributed by atoms with E-state index < -0.39 is 21.4 Å². The van der Waals surface area contributed by atoms with Gasteiger partial charge in [-0.3, -0.25) is 13.9 Å². The topological polar surface area (TPSA) is 139 Å². The summed E-state index contributed by atoms with van der Waals surface area (Å²) in [5.74, 6) is -0.730. The normalized spacial score (nSPS) is 14.2. The third kappa shape index (κ3) is 8.49. The molecule has 2 aromatic heterocycles. The molecular weight excluding hydrogens is 847 g/mol. The second-order valence-corrected chi connectivity index (χ2v) is 18.6. The quantitative estimate of drug-likeness (QED) is 0.123. The summed E-state index contributed by atoms with van der Waals surface area (Å²) >= 11 is 9.24. The zero-order chi connectivity index (χ0) is 36.9. The molecule has 0 unspecified atom stereocenters. The molecule has 276 valence electrons. The summed E-state index contributed by atoms with van der Waals surface area (Å²) in [6, 6.07) is 25.1. The fraction of sp³-hybridized carbons (Fsp3) is 0.333. The Morgan fingerprint density at radius 1 is 0.667 bits per heavy atom. The molecule has 0 spiro atoms. The van der Waals surface area contributed by atoms with Crippen molar-refractivity contribution in [3.05, 3.63) is 93.4 Å². The van der Waals surface area contributed by atoms with E-state index in [2.05, 4.69) is 107 Å². The van der Waals surface area contributed by atoms with Crippen LogP contribution in [0.1, 0.15) is 83.8 Å². The minimum absolute atomic E-state index is 0. The Morgan fingerprint density at radius 3 is 1.39 bits per heavy atom. The Kier molecular flexibility index (Phi) is 12.9. The van der Waals surface area contributed by atoms with Gasteiger partial charge in [0.15, 0.2) is 10.3 Å². The van der Waals surface area contributed by atoms with Gasteiger partial charge in [-0.2, -0.15) is 0 Å². The van der Waals surface area contributed by atoms with Crippen molar-refractivity contribution in [1.82, 2.24) is 29.5 Å². The van der Waals surface area contributed by atoms with Gasteiger partial charge in [0, 0.05) is 10.8 Å². The molecule has 2 heterocycles. The van der Waals surface area contributed by atoms with E-state index in [4.69, 9.17) is 0 Å². The van der Waals surface area contributed by atoms with Gasteiger partial charge < -0.3 is 15.0 Å². The molecule has 0 bridgehead atoms. The van der Waals surface area contributed by atoms with Crippen LogP contribution >= 0.6 is 55.4 Å². The van der Waals surface area contributed by atoms with Crippen LogP contribution in [0, 0.1) is 0 Å². The first-order valence-electron chi connectivity index (χ1n) is 16.9. The molecule has 6 aromatic rings. The zero-order valence-corrected chi connectivity index (χ0v) is 34.6. The van der Waals surface area contributed by atoms with Gasteiger partial charge in [-0.25, -0.2) is 0 Å². The van der Waals surface area contributed by atoms with Gasteiger partial charge in [-0.15, -0.1) is 20.4 Å². The number of aromatic nitrogens is 6. The Labute approximate surface area is 351 Å². The first kappa shape index (κ1) is 42.0. The fourth-order valence-corrected chi connectivity index (χ4v) is 9.00. The van der Waals surface area contributed by atoms with Crippen molar-refractivity contribution in [2.45, 2.75) is 92.4 Å². The van der Waals surface area contributed by atoms with E-state index in [0.717, 1.165) is 33.9 Å². The summed E-state index contributed by atoms with van der Waals surface area (Å²) < 4.78 is 2.72. The third-order valence-corrected chi connectivity index (χ3v) is 12.6. The maximum atomic E-state index is 11.5. The largest absolute Gasteiger partial charge is 1.00 e. The number of hydrogen-bond acceptors (Lipinski definition) is 9. The summed E-state index contributed by atoms with van der Waals surface area (Å²) in [6.45, 7) is 6.55. The van der Waals surface area contributed by atoms with Gasteiger partial charge in [0.2, 0.25) is 9.47 Å². The molecule has 2 aliphatic carbocycles. The van der Waals surface area contributed by atoms with Crippen molar-refractivity contribution in [2.24, 2.45) is 0 Å². The molecule has 0 radical (unpaired) electrons. The molecule has 0 amide bonds. The molecule has 0 aliphatic heterocycles. The smallest absolute Gasteiger partial charge is 0.549 e. The molecule has 8 rings (SSSR count). The van der Waals surface area contributed by atoms with Crippen molar-refractivity contribution in [2.75, 3.05) is 0 Å². The molecule has 0 saturated heterocycles. The van der Waals surface area contributed by atoms with Crippen molar-refractivity contribution in [3.8, 4) is 11.4 Å². The van der Waals surface area contributed by atoms with E-state index in [0.29, 0.717) is 31.6 Å². The third-order valence-electron chi connectivity index (χ3n) is 9.27. The average Bonchev–Trinajstić information content (AvgIpc) is 4.05. The summed E-state index contributed by atoms with van der Waals surface area (Å²) in [4.78, 5) is 22.9. The molecule has 2 aliphatic rings. The Balaban J connectivity index is 0.000000200. The van der Waals surface area contributed by atoms with E-state index in [1.54, 1.807) is 27.7 Å². The first-order chi connectivity index (χ1) is 24.8. The van der Waals surface area contributed by atoms with Crippen molar-refractivity contribution in [3.63, 3.8) is 0 Å². The van der Waals surface area contributed by atoms with Gasteiger partial charge in [0.05, 0.1) is 22.1 Å². The van der Waals surface area contributed by atoms with E-state index in [1.165, 1.54) is 59.3 Å². The fourth-order valence-electron chi connectivity index (χ4n) is 6.09. The summed E-state index contributed by atoms with van der Waals surface area (Å²) in [6.07, 6.45) is 4.96. The van der Waals surface area contributed by atoms with Crippen molar-refractivity contribution >= 4 is 88.9 Å². The van der Waals surface area contributed by atoms with Gasteiger partial charge in [-0.05, 0) is 131 Å². The van der Waals surface area contributed by atoms with E-state index in [9.17, 15) is 19.8 Å². The van der Waals surface area contributed by atoms with Crippen molar-refractivity contribution in [1.29, 1.82) is 0 Å². The van der Waals surface area contributed by atoms with Crippen LogP contribution in [0.3, 0.4) is 0 Å². The summed E-state index contributed by atoms with van der Waals surface area (Å²) in [5.41, 5.74) is 4.63. The molecule has 2 saturated carbocycles. The van der Waals surface area contributed by atoms with Gasteiger partial charge in [-0.1, -0.05) is 91.6 Å². The Hall–Kier alpha value is -3.12. The van der Waals surface area contributed by atoms with E-state index in [-0.39, 0.29) is 26.3 Å². The van der Waals surface area contributed by atoms with Crippen molar-refractivity contribution < 1.29 is 38.7 Å². The molecule has 54 heavy (non-hydrogen) atoms. The van der Waals surface area contributed by atoms with E-state index >= 15 is 0 Å². The van der Waals surface area contributed by atoms with Crippen LogP contribution in [0.5, 0.6) is 0 Å². The van der Waals surface area contributed by atoms with E-state index in [1.807, 2.05) is 27.3 Å². The first-order valence-corrected chi connectivity index (χ1v) is 20.1. The SMILES string of the molecule is C.CC(C)(Sc1nnc(Br)n1-c1ccc(C2CC2)c2ccccc12)C(=O)O.CC(C)(Sc1nnc(Br)n1-c1ccc(C2CC2)c2ccccc12)C(=O)[O-].[Li+]. The number of thioether (sulfide) groups is 2. The number of carbonyl (C=O) groups excluding carboxylic acids is 1. The monoisotopic (exact) mass is 884 g/mol. The minimum atomic E-state index is -1.14. The number of carbonyl (C=O) groups is 2. The summed E-state index contributed by atoms with van der Waals surface area (Å²) in [7, 11) is 0. The standard InChI is InChI=1S/2C19H18BrN3O2S.CH4.Li/c2*1-19(2,16(24)25)26-18-22-21-17(20)23(18)15-10-9-12(11-7-8-11)13-5-3-4-6-14(13)15;;/h2*3-6,9-11H,7-8H2,1-2H3,(H,24,25);1H4;/q;;;+1/p-1. The van der Waals surface area contributed by atoms with Crippen LogP contribution in [0.25, 0.3) is 32.9 Å². The molecule has 0 atom stereocenters.